The monoisotopic (exact) mass is 323 g/mol. The van der Waals surface area contributed by atoms with Crippen LogP contribution in [0.25, 0.3) is 4.96 Å². The SMILES string of the molecule is O=C(Nc1ccccc1Br)c1nn2cnnc2s1. The molecular weight excluding hydrogens is 318 g/mol. The van der Waals surface area contributed by atoms with Crippen molar-refractivity contribution in [1.29, 1.82) is 0 Å². The van der Waals surface area contributed by atoms with E-state index in [9.17, 15) is 4.79 Å². The summed E-state index contributed by atoms with van der Waals surface area (Å²) < 4.78 is 2.29. The van der Waals surface area contributed by atoms with Gasteiger partial charge in [-0.05, 0) is 28.1 Å². The number of amides is 1. The van der Waals surface area contributed by atoms with Gasteiger partial charge in [-0.1, -0.05) is 23.5 Å². The standard InChI is InChI=1S/C10H6BrN5OS/c11-6-3-1-2-4-7(6)13-8(17)9-15-16-5-12-14-10(16)18-9/h1-5H,(H,13,17). The average Bonchev–Trinajstić information content (AvgIpc) is 2.92. The number of carbonyl (C=O) groups excluding carboxylic acids is 1. The predicted molar refractivity (Wildman–Crippen MR) is 70.8 cm³/mol. The number of hydrogen-bond donors (Lipinski definition) is 1. The molecule has 3 aromatic rings. The molecule has 6 nitrogen and oxygen atoms in total. The van der Waals surface area contributed by atoms with Crippen molar-refractivity contribution in [1.82, 2.24) is 19.8 Å². The number of aromatic nitrogens is 4. The largest absolute Gasteiger partial charge is 0.319 e. The maximum atomic E-state index is 12.0. The lowest BCUT2D eigenvalue weighted by atomic mass is 10.3. The zero-order chi connectivity index (χ0) is 12.5. The normalized spacial score (nSPS) is 10.7. The quantitative estimate of drug-likeness (QED) is 0.784. The number of hydrogen-bond acceptors (Lipinski definition) is 5. The van der Waals surface area contributed by atoms with E-state index in [1.54, 1.807) is 0 Å². The predicted octanol–water partition coefficient (Wildman–Crippen LogP) is 2.20. The summed E-state index contributed by atoms with van der Waals surface area (Å²) in [5.41, 5.74) is 0.702. The third-order valence-corrected chi connectivity index (χ3v) is 3.81. The van der Waals surface area contributed by atoms with Crippen molar-refractivity contribution in [2.45, 2.75) is 0 Å². The van der Waals surface area contributed by atoms with Gasteiger partial charge in [-0.2, -0.15) is 4.52 Å². The first kappa shape index (κ1) is 11.3. The lowest BCUT2D eigenvalue weighted by Crippen LogP contribution is -2.12. The molecule has 0 fully saturated rings. The maximum Gasteiger partial charge on any atom is 0.286 e. The number of fused-ring (bicyclic) bond motifs is 1. The van der Waals surface area contributed by atoms with E-state index in [2.05, 4.69) is 36.5 Å². The summed E-state index contributed by atoms with van der Waals surface area (Å²) in [6.45, 7) is 0. The molecule has 1 aromatic carbocycles. The number of benzene rings is 1. The number of nitrogens with zero attached hydrogens (tertiary/aromatic N) is 4. The second-order valence-electron chi connectivity index (χ2n) is 3.40. The second kappa shape index (κ2) is 4.46. The summed E-state index contributed by atoms with van der Waals surface area (Å²) in [5, 5.41) is 14.7. The molecule has 2 aromatic heterocycles. The van der Waals surface area contributed by atoms with Crippen molar-refractivity contribution in [2.75, 3.05) is 5.32 Å². The molecule has 0 spiro atoms. The Kier molecular flexibility index (Phi) is 2.80. The van der Waals surface area contributed by atoms with E-state index in [1.165, 1.54) is 22.2 Å². The number of nitrogens with one attached hydrogen (secondary N) is 1. The highest BCUT2D eigenvalue weighted by atomic mass is 79.9. The van der Waals surface area contributed by atoms with Crippen LogP contribution < -0.4 is 5.32 Å². The molecule has 0 aliphatic rings. The van der Waals surface area contributed by atoms with Crippen molar-refractivity contribution in [3.63, 3.8) is 0 Å². The van der Waals surface area contributed by atoms with Crippen molar-refractivity contribution in [3.8, 4) is 0 Å². The number of para-hydroxylation sites is 1. The van der Waals surface area contributed by atoms with Crippen LogP contribution in [0.5, 0.6) is 0 Å². The second-order valence-corrected chi connectivity index (χ2v) is 5.21. The fourth-order valence-corrected chi connectivity index (χ4v) is 2.49. The summed E-state index contributed by atoms with van der Waals surface area (Å²) in [4.78, 5) is 12.6. The highest BCUT2D eigenvalue weighted by Crippen LogP contribution is 2.22. The van der Waals surface area contributed by atoms with Gasteiger partial charge in [0.15, 0.2) is 0 Å². The van der Waals surface area contributed by atoms with Gasteiger partial charge in [0.2, 0.25) is 9.97 Å². The van der Waals surface area contributed by atoms with Crippen molar-refractivity contribution >= 4 is 43.8 Å². The van der Waals surface area contributed by atoms with Crippen LogP contribution in [0.1, 0.15) is 9.80 Å². The third kappa shape index (κ3) is 2.00. The summed E-state index contributed by atoms with van der Waals surface area (Å²) in [6.07, 6.45) is 1.46. The average molecular weight is 324 g/mol. The van der Waals surface area contributed by atoms with Gasteiger partial charge in [-0.3, -0.25) is 4.79 Å². The first-order chi connectivity index (χ1) is 8.74. The minimum atomic E-state index is -0.266. The topological polar surface area (TPSA) is 72.2 Å². The Hall–Kier alpha value is -1.80. The Bertz CT molecular complexity index is 693. The molecule has 0 aliphatic heterocycles. The van der Waals surface area contributed by atoms with Crippen LogP contribution in [-0.2, 0) is 0 Å². The van der Waals surface area contributed by atoms with E-state index in [1.807, 2.05) is 24.3 Å². The van der Waals surface area contributed by atoms with Crippen molar-refractivity contribution in [2.24, 2.45) is 0 Å². The van der Waals surface area contributed by atoms with E-state index >= 15 is 0 Å². The van der Waals surface area contributed by atoms with E-state index < -0.39 is 0 Å². The molecule has 1 N–H and O–H groups in total. The minimum Gasteiger partial charge on any atom is -0.319 e. The molecular formula is C10H6BrN5OS. The molecule has 0 aliphatic carbocycles. The summed E-state index contributed by atoms with van der Waals surface area (Å²) >= 11 is 4.55. The molecule has 0 saturated carbocycles. The van der Waals surface area contributed by atoms with Crippen LogP contribution in [0.3, 0.4) is 0 Å². The molecule has 0 radical (unpaired) electrons. The van der Waals surface area contributed by atoms with E-state index in [4.69, 9.17) is 0 Å². The van der Waals surface area contributed by atoms with Crippen LogP contribution in [0.15, 0.2) is 35.1 Å². The molecule has 2 heterocycles. The first-order valence-corrected chi connectivity index (χ1v) is 6.58. The van der Waals surface area contributed by atoms with Crippen LogP contribution in [0, 0.1) is 0 Å². The third-order valence-electron chi connectivity index (χ3n) is 2.20. The van der Waals surface area contributed by atoms with Gasteiger partial charge in [0.05, 0.1) is 5.69 Å². The fourth-order valence-electron chi connectivity index (χ4n) is 1.39. The first-order valence-electron chi connectivity index (χ1n) is 4.97. The Labute approximate surface area is 114 Å². The van der Waals surface area contributed by atoms with Crippen molar-refractivity contribution < 1.29 is 4.79 Å². The highest BCUT2D eigenvalue weighted by Gasteiger charge is 2.14. The van der Waals surface area contributed by atoms with Gasteiger partial charge >= 0.3 is 0 Å². The van der Waals surface area contributed by atoms with Crippen LogP contribution >= 0.6 is 27.3 Å². The minimum absolute atomic E-state index is 0.266. The zero-order valence-corrected chi connectivity index (χ0v) is 11.3. The molecule has 0 bridgehead atoms. The fraction of sp³-hybridized carbons (Fsp3) is 0. The highest BCUT2D eigenvalue weighted by molar-refractivity contribution is 9.10. The van der Waals surface area contributed by atoms with Gasteiger partial charge in [0, 0.05) is 4.47 Å². The van der Waals surface area contributed by atoms with Gasteiger partial charge in [0.25, 0.3) is 5.91 Å². The van der Waals surface area contributed by atoms with Gasteiger partial charge < -0.3 is 5.32 Å². The summed E-state index contributed by atoms with van der Waals surface area (Å²) in [5.74, 6) is -0.266. The number of halogens is 1. The van der Waals surface area contributed by atoms with Gasteiger partial charge in [-0.15, -0.1) is 15.3 Å². The maximum absolute atomic E-state index is 12.0. The smallest absolute Gasteiger partial charge is 0.286 e. The molecule has 0 saturated heterocycles. The Morgan fingerprint density at radius 1 is 1.39 bits per heavy atom. The van der Waals surface area contributed by atoms with E-state index in [0.717, 1.165) is 4.47 Å². The number of carbonyl (C=O) groups is 1. The molecule has 8 heteroatoms. The lowest BCUT2D eigenvalue weighted by molar-refractivity contribution is 0.102. The molecule has 90 valence electrons. The summed E-state index contributed by atoms with van der Waals surface area (Å²) in [6, 6.07) is 7.39. The van der Waals surface area contributed by atoms with Gasteiger partial charge in [0.1, 0.15) is 6.33 Å². The molecule has 3 rings (SSSR count). The molecule has 0 atom stereocenters. The lowest BCUT2D eigenvalue weighted by Gasteiger charge is -2.04. The Morgan fingerprint density at radius 2 is 2.22 bits per heavy atom. The number of rotatable bonds is 2. The Balaban J connectivity index is 1.87. The molecule has 0 unspecified atom stereocenters. The van der Waals surface area contributed by atoms with E-state index in [0.29, 0.717) is 15.7 Å². The molecule has 1 amide bonds. The van der Waals surface area contributed by atoms with Crippen LogP contribution in [0.4, 0.5) is 5.69 Å². The zero-order valence-electron chi connectivity index (χ0n) is 8.87. The van der Waals surface area contributed by atoms with Crippen molar-refractivity contribution in [3.05, 3.63) is 40.1 Å². The van der Waals surface area contributed by atoms with Gasteiger partial charge in [-0.25, -0.2) is 0 Å². The van der Waals surface area contributed by atoms with Crippen LogP contribution in [-0.4, -0.2) is 25.7 Å². The Morgan fingerprint density at radius 3 is 3.00 bits per heavy atom. The van der Waals surface area contributed by atoms with E-state index in [-0.39, 0.29) is 5.91 Å². The molecule has 18 heavy (non-hydrogen) atoms. The number of anilines is 1. The summed E-state index contributed by atoms with van der Waals surface area (Å²) in [7, 11) is 0. The van der Waals surface area contributed by atoms with Crippen LogP contribution in [0.2, 0.25) is 0 Å².